The van der Waals surface area contributed by atoms with Crippen LogP contribution in [0, 0.1) is 0 Å². The molecule has 0 unspecified atom stereocenters. The van der Waals surface area contributed by atoms with Crippen molar-refractivity contribution in [1.29, 1.82) is 0 Å². The maximum Gasteiger partial charge on any atom is 0.291 e. The van der Waals surface area contributed by atoms with Crippen LogP contribution in [0.3, 0.4) is 0 Å². The first-order valence-corrected chi connectivity index (χ1v) is 7.19. The van der Waals surface area contributed by atoms with Crippen molar-refractivity contribution in [2.24, 2.45) is 0 Å². The molecule has 1 aromatic carbocycles. The third kappa shape index (κ3) is 4.98. The molecule has 120 valence electrons. The van der Waals surface area contributed by atoms with Crippen molar-refractivity contribution in [3.05, 3.63) is 64.7 Å². The Hall–Kier alpha value is -2.57. The highest BCUT2D eigenvalue weighted by Gasteiger charge is 2.15. The van der Waals surface area contributed by atoms with Gasteiger partial charge in [-0.2, -0.15) is 0 Å². The lowest BCUT2D eigenvalue weighted by atomic mass is 10.2. The van der Waals surface area contributed by atoms with E-state index < -0.39 is 11.8 Å². The van der Waals surface area contributed by atoms with E-state index in [0.717, 1.165) is 0 Å². The number of furan rings is 1. The van der Waals surface area contributed by atoms with Gasteiger partial charge in [0, 0.05) is 11.6 Å². The SMILES string of the molecule is O=C(NCCO)C(=Cc1ccc(Cl)cc1)NC(=O)c1ccco1. The van der Waals surface area contributed by atoms with Gasteiger partial charge in [-0.15, -0.1) is 0 Å². The number of aliphatic hydroxyl groups excluding tert-OH is 1. The van der Waals surface area contributed by atoms with Crippen LogP contribution in [0.4, 0.5) is 0 Å². The maximum atomic E-state index is 12.1. The number of halogens is 1. The number of rotatable bonds is 6. The van der Waals surface area contributed by atoms with Crippen LogP contribution in [0.25, 0.3) is 6.08 Å². The van der Waals surface area contributed by atoms with Crippen LogP contribution >= 0.6 is 11.6 Å². The van der Waals surface area contributed by atoms with E-state index in [1.807, 2.05) is 0 Å². The smallest absolute Gasteiger partial charge is 0.291 e. The van der Waals surface area contributed by atoms with Crippen LogP contribution < -0.4 is 10.6 Å². The summed E-state index contributed by atoms with van der Waals surface area (Å²) in [6.07, 6.45) is 2.87. The van der Waals surface area contributed by atoms with Crippen LogP contribution in [-0.2, 0) is 4.79 Å². The number of carbonyl (C=O) groups is 2. The molecule has 0 saturated heterocycles. The summed E-state index contributed by atoms with van der Waals surface area (Å²) < 4.78 is 4.99. The van der Waals surface area contributed by atoms with Crippen molar-refractivity contribution in [2.75, 3.05) is 13.2 Å². The van der Waals surface area contributed by atoms with Gasteiger partial charge < -0.3 is 20.2 Å². The van der Waals surface area contributed by atoms with Crippen LogP contribution in [0.2, 0.25) is 5.02 Å². The highest BCUT2D eigenvalue weighted by Crippen LogP contribution is 2.12. The van der Waals surface area contributed by atoms with E-state index in [2.05, 4.69) is 10.6 Å². The minimum absolute atomic E-state index is 0.0298. The van der Waals surface area contributed by atoms with Crippen molar-refractivity contribution in [3.8, 4) is 0 Å². The molecule has 0 fully saturated rings. The van der Waals surface area contributed by atoms with Gasteiger partial charge >= 0.3 is 0 Å². The van der Waals surface area contributed by atoms with Crippen LogP contribution in [0.15, 0.2) is 52.8 Å². The van der Waals surface area contributed by atoms with E-state index >= 15 is 0 Å². The van der Waals surface area contributed by atoms with E-state index in [0.29, 0.717) is 10.6 Å². The summed E-state index contributed by atoms with van der Waals surface area (Å²) in [5.74, 6) is -0.981. The highest BCUT2D eigenvalue weighted by atomic mass is 35.5. The van der Waals surface area contributed by atoms with Crippen molar-refractivity contribution in [3.63, 3.8) is 0 Å². The average molecular weight is 335 g/mol. The first-order chi connectivity index (χ1) is 11.1. The van der Waals surface area contributed by atoms with E-state index in [1.165, 1.54) is 18.4 Å². The second kappa shape index (κ2) is 8.17. The molecule has 2 aromatic rings. The third-order valence-electron chi connectivity index (χ3n) is 2.82. The molecule has 0 aliphatic heterocycles. The second-order valence-corrected chi connectivity index (χ2v) is 4.96. The third-order valence-corrected chi connectivity index (χ3v) is 3.07. The maximum absolute atomic E-state index is 12.1. The predicted molar refractivity (Wildman–Crippen MR) is 85.7 cm³/mol. The fourth-order valence-electron chi connectivity index (χ4n) is 1.74. The molecule has 0 aliphatic carbocycles. The number of aliphatic hydroxyl groups is 1. The van der Waals surface area contributed by atoms with Gasteiger partial charge in [-0.1, -0.05) is 23.7 Å². The Kier molecular flexibility index (Phi) is 5.96. The number of carbonyl (C=O) groups excluding carboxylic acids is 2. The molecular formula is C16H15ClN2O4. The van der Waals surface area contributed by atoms with Crippen LogP contribution in [0.5, 0.6) is 0 Å². The first-order valence-electron chi connectivity index (χ1n) is 6.81. The van der Waals surface area contributed by atoms with Gasteiger partial charge in [0.1, 0.15) is 5.70 Å². The van der Waals surface area contributed by atoms with Gasteiger partial charge in [-0.05, 0) is 35.9 Å². The molecule has 0 bridgehead atoms. The van der Waals surface area contributed by atoms with Gasteiger partial charge in [0.05, 0.1) is 12.9 Å². The lowest BCUT2D eigenvalue weighted by Crippen LogP contribution is -2.36. The van der Waals surface area contributed by atoms with Crippen molar-refractivity contribution in [1.82, 2.24) is 10.6 Å². The summed E-state index contributed by atoms with van der Waals surface area (Å²) in [7, 11) is 0. The summed E-state index contributed by atoms with van der Waals surface area (Å²) in [5.41, 5.74) is 0.713. The quantitative estimate of drug-likeness (QED) is 0.703. The predicted octanol–water partition coefficient (Wildman–Crippen LogP) is 1.81. The standard InChI is InChI=1S/C16H15ClN2O4/c17-12-5-3-11(4-6-12)10-13(15(21)18-7-8-20)19-16(22)14-2-1-9-23-14/h1-6,9-10,20H,7-8H2,(H,18,21)(H,19,22). The van der Waals surface area contributed by atoms with Gasteiger partial charge in [-0.3, -0.25) is 9.59 Å². The Bertz CT molecular complexity index is 693. The Labute approximate surface area is 137 Å². The van der Waals surface area contributed by atoms with E-state index in [4.69, 9.17) is 21.1 Å². The largest absolute Gasteiger partial charge is 0.459 e. The van der Waals surface area contributed by atoms with E-state index in [-0.39, 0.29) is 24.6 Å². The molecule has 3 N–H and O–H groups in total. The molecule has 0 atom stereocenters. The van der Waals surface area contributed by atoms with Gasteiger partial charge in [0.2, 0.25) is 0 Å². The molecular weight excluding hydrogens is 320 g/mol. The minimum Gasteiger partial charge on any atom is -0.459 e. The summed E-state index contributed by atoms with van der Waals surface area (Å²) in [6, 6.07) is 9.82. The monoisotopic (exact) mass is 334 g/mol. The number of hydrogen-bond donors (Lipinski definition) is 3. The lowest BCUT2D eigenvalue weighted by molar-refractivity contribution is -0.117. The summed E-state index contributed by atoms with van der Waals surface area (Å²) in [6.45, 7) is -0.125. The molecule has 1 aromatic heterocycles. The molecule has 6 nitrogen and oxygen atoms in total. The Morgan fingerprint density at radius 3 is 2.57 bits per heavy atom. The van der Waals surface area contributed by atoms with Crippen molar-refractivity contribution < 1.29 is 19.1 Å². The minimum atomic E-state index is -0.547. The Balaban J connectivity index is 2.22. The lowest BCUT2D eigenvalue weighted by Gasteiger charge is -2.09. The zero-order valence-corrected chi connectivity index (χ0v) is 12.8. The molecule has 0 saturated carbocycles. The molecule has 2 rings (SSSR count). The van der Waals surface area contributed by atoms with Crippen molar-refractivity contribution >= 4 is 29.5 Å². The van der Waals surface area contributed by atoms with Crippen LogP contribution in [-0.4, -0.2) is 30.1 Å². The van der Waals surface area contributed by atoms with Crippen LogP contribution in [0.1, 0.15) is 16.1 Å². The molecule has 0 aliphatic rings. The fraction of sp³-hybridized carbons (Fsp3) is 0.125. The number of benzene rings is 1. The summed E-state index contributed by atoms with van der Waals surface area (Å²) in [5, 5.41) is 14.3. The zero-order chi connectivity index (χ0) is 16.7. The van der Waals surface area contributed by atoms with Gasteiger partial charge in [-0.25, -0.2) is 0 Å². The van der Waals surface area contributed by atoms with Crippen molar-refractivity contribution in [2.45, 2.75) is 0 Å². The Morgan fingerprint density at radius 1 is 1.22 bits per heavy atom. The zero-order valence-electron chi connectivity index (χ0n) is 12.1. The molecule has 0 radical (unpaired) electrons. The van der Waals surface area contributed by atoms with E-state index in [9.17, 15) is 9.59 Å². The van der Waals surface area contributed by atoms with Gasteiger partial charge in [0.15, 0.2) is 5.76 Å². The molecule has 1 heterocycles. The normalized spacial score (nSPS) is 11.1. The second-order valence-electron chi connectivity index (χ2n) is 4.52. The average Bonchev–Trinajstić information content (AvgIpc) is 3.08. The molecule has 23 heavy (non-hydrogen) atoms. The highest BCUT2D eigenvalue weighted by molar-refractivity contribution is 6.30. The number of nitrogens with one attached hydrogen (secondary N) is 2. The number of amides is 2. The molecule has 2 amide bonds. The topological polar surface area (TPSA) is 91.6 Å². The summed E-state index contributed by atoms with van der Waals surface area (Å²) in [4.78, 5) is 24.2. The van der Waals surface area contributed by atoms with E-state index in [1.54, 1.807) is 30.3 Å². The fourth-order valence-corrected chi connectivity index (χ4v) is 1.87. The van der Waals surface area contributed by atoms with Gasteiger partial charge in [0.25, 0.3) is 11.8 Å². The first kappa shape index (κ1) is 16.8. The molecule has 0 spiro atoms. The Morgan fingerprint density at radius 2 is 1.96 bits per heavy atom. The number of hydrogen-bond acceptors (Lipinski definition) is 4. The summed E-state index contributed by atoms with van der Waals surface area (Å²) >= 11 is 5.82. The molecule has 7 heteroatoms.